The van der Waals surface area contributed by atoms with Gasteiger partial charge in [0, 0.05) is 13.1 Å². The number of nitrogens with one attached hydrogen (secondary N) is 1. The Morgan fingerprint density at radius 2 is 2.38 bits per heavy atom. The van der Waals surface area contributed by atoms with Crippen LogP contribution in [0.5, 0.6) is 0 Å². The topological polar surface area (TPSA) is 29.9 Å². The Hall–Kier alpha value is -1.09. The van der Waals surface area contributed by atoms with Crippen LogP contribution in [0.15, 0.2) is 18.7 Å². The highest BCUT2D eigenvalue weighted by Gasteiger charge is 2.13. The van der Waals surface area contributed by atoms with E-state index in [-0.39, 0.29) is 0 Å². The molecule has 1 N–H and O–H groups in total. The van der Waals surface area contributed by atoms with Crippen molar-refractivity contribution in [2.45, 2.75) is 38.6 Å². The smallest absolute Gasteiger partial charge is 0.0625 e. The summed E-state index contributed by atoms with van der Waals surface area (Å²) >= 11 is 0. The minimum atomic E-state index is 0.401. The standard InChI is InChI=1S/C13H23N3/c1-5-7-8-9-12(14-3)13-10-11(6-2)15-16(13)4/h5,10,12,14H,1,6-9H2,2-4H3. The van der Waals surface area contributed by atoms with Crippen molar-refractivity contribution in [3.8, 4) is 0 Å². The number of hydrogen-bond donors (Lipinski definition) is 1. The molecule has 0 saturated heterocycles. The van der Waals surface area contributed by atoms with Gasteiger partial charge in [-0.05, 0) is 38.8 Å². The van der Waals surface area contributed by atoms with Gasteiger partial charge in [-0.25, -0.2) is 0 Å². The number of unbranched alkanes of at least 4 members (excludes halogenated alkanes) is 1. The van der Waals surface area contributed by atoms with E-state index in [2.05, 4.69) is 30.0 Å². The molecule has 3 heteroatoms. The fourth-order valence-corrected chi connectivity index (χ4v) is 1.95. The van der Waals surface area contributed by atoms with Gasteiger partial charge in [-0.1, -0.05) is 13.0 Å². The molecular weight excluding hydrogens is 198 g/mol. The lowest BCUT2D eigenvalue weighted by Gasteiger charge is -2.15. The van der Waals surface area contributed by atoms with Crippen LogP contribution in [-0.2, 0) is 13.5 Å². The first-order chi connectivity index (χ1) is 7.72. The molecule has 0 aliphatic carbocycles. The van der Waals surface area contributed by atoms with Gasteiger partial charge in [0.15, 0.2) is 0 Å². The zero-order valence-corrected chi connectivity index (χ0v) is 10.7. The second-order valence-electron chi connectivity index (χ2n) is 4.10. The Bertz CT molecular complexity index is 328. The van der Waals surface area contributed by atoms with Crippen LogP contribution < -0.4 is 5.32 Å². The Labute approximate surface area is 98.5 Å². The van der Waals surface area contributed by atoms with Crippen LogP contribution >= 0.6 is 0 Å². The Kier molecular flexibility index (Phi) is 5.26. The maximum absolute atomic E-state index is 4.48. The molecule has 0 aromatic carbocycles. The second kappa shape index (κ2) is 6.48. The Balaban J connectivity index is 2.69. The summed E-state index contributed by atoms with van der Waals surface area (Å²) in [4.78, 5) is 0. The minimum absolute atomic E-state index is 0.401. The van der Waals surface area contributed by atoms with Gasteiger partial charge in [-0.2, -0.15) is 5.10 Å². The number of rotatable bonds is 7. The van der Waals surface area contributed by atoms with Gasteiger partial charge in [0.05, 0.1) is 11.4 Å². The van der Waals surface area contributed by atoms with Crippen molar-refractivity contribution in [3.63, 3.8) is 0 Å². The number of aryl methyl sites for hydroxylation is 2. The van der Waals surface area contributed by atoms with E-state index in [0.29, 0.717) is 6.04 Å². The molecule has 0 radical (unpaired) electrons. The van der Waals surface area contributed by atoms with Crippen LogP contribution in [0.2, 0.25) is 0 Å². The number of hydrogen-bond acceptors (Lipinski definition) is 2. The zero-order chi connectivity index (χ0) is 12.0. The lowest BCUT2D eigenvalue weighted by Crippen LogP contribution is -2.19. The molecule has 16 heavy (non-hydrogen) atoms. The first-order valence-electron chi connectivity index (χ1n) is 6.03. The summed E-state index contributed by atoms with van der Waals surface area (Å²) in [5.41, 5.74) is 2.45. The maximum Gasteiger partial charge on any atom is 0.0625 e. The summed E-state index contributed by atoms with van der Waals surface area (Å²) in [6.45, 7) is 5.89. The minimum Gasteiger partial charge on any atom is -0.312 e. The van der Waals surface area contributed by atoms with E-state index in [1.807, 2.05) is 24.9 Å². The van der Waals surface area contributed by atoms with Gasteiger partial charge in [0.1, 0.15) is 0 Å². The molecule has 0 fully saturated rings. The van der Waals surface area contributed by atoms with Crippen LogP contribution in [-0.4, -0.2) is 16.8 Å². The number of aromatic nitrogens is 2. The quantitative estimate of drug-likeness (QED) is 0.566. The van der Waals surface area contributed by atoms with Crippen molar-refractivity contribution in [1.82, 2.24) is 15.1 Å². The molecule has 3 nitrogen and oxygen atoms in total. The summed E-state index contributed by atoms with van der Waals surface area (Å²) in [6, 6.07) is 2.60. The molecule has 90 valence electrons. The third kappa shape index (κ3) is 3.20. The van der Waals surface area contributed by atoms with Gasteiger partial charge in [-0.15, -0.1) is 6.58 Å². The van der Waals surface area contributed by atoms with E-state index < -0.39 is 0 Å². The van der Waals surface area contributed by atoms with E-state index in [9.17, 15) is 0 Å². The van der Waals surface area contributed by atoms with Gasteiger partial charge in [-0.3, -0.25) is 4.68 Å². The van der Waals surface area contributed by atoms with Crippen LogP contribution in [0.3, 0.4) is 0 Å². The van der Waals surface area contributed by atoms with Gasteiger partial charge in [0.2, 0.25) is 0 Å². The summed E-state index contributed by atoms with van der Waals surface area (Å²) in [5.74, 6) is 0. The lowest BCUT2D eigenvalue weighted by atomic mass is 10.1. The van der Waals surface area contributed by atoms with Gasteiger partial charge >= 0.3 is 0 Å². The fraction of sp³-hybridized carbons (Fsp3) is 0.615. The predicted molar refractivity (Wildman–Crippen MR) is 68.4 cm³/mol. The van der Waals surface area contributed by atoms with Crippen molar-refractivity contribution in [1.29, 1.82) is 0 Å². The second-order valence-corrected chi connectivity index (χ2v) is 4.10. The summed E-state index contributed by atoms with van der Waals surface area (Å²) in [5, 5.41) is 7.84. The molecule has 1 unspecified atom stereocenters. The van der Waals surface area contributed by atoms with Crippen molar-refractivity contribution in [2.24, 2.45) is 7.05 Å². The molecule has 1 aromatic rings. The average molecular weight is 221 g/mol. The van der Waals surface area contributed by atoms with Crippen molar-refractivity contribution in [2.75, 3.05) is 7.05 Å². The molecule has 0 spiro atoms. The fourth-order valence-electron chi connectivity index (χ4n) is 1.95. The molecule has 0 bridgehead atoms. The first-order valence-corrected chi connectivity index (χ1v) is 6.03. The van der Waals surface area contributed by atoms with Gasteiger partial charge in [0.25, 0.3) is 0 Å². The molecule has 1 rings (SSSR count). The highest BCUT2D eigenvalue weighted by molar-refractivity contribution is 5.14. The maximum atomic E-state index is 4.48. The number of allylic oxidation sites excluding steroid dienone is 1. The van der Waals surface area contributed by atoms with Crippen LogP contribution in [0.4, 0.5) is 0 Å². The van der Waals surface area contributed by atoms with Crippen LogP contribution in [0.1, 0.15) is 43.6 Å². The summed E-state index contributed by atoms with van der Waals surface area (Å²) in [6.07, 6.45) is 6.36. The van der Waals surface area contributed by atoms with Crippen molar-refractivity contribution in [3.05, 3.63) is 30.1 Å². The van der Waals surface area contributed by atoms with E-state index in [1.165, 1.54) is 17.8 Å². The molecule has 1 atom stereocenters. The van der Waals surface area contributed by atoms with Crippen molar-refractivity contribution < 1.29 is 0 Å². The summed E-state index contributed by atoms with van der Waals surface area (Å²) in [7, 11) is 4.03. The Morgan fingerprint density at radius 1 is 1.62 bits per heavy atom. The highest BCUT2D eigenvalue weighted by atomic mass is 15.3. The van der Waals surface area contributed by atoms with E-state index in [1.54, 1.807) is 0 Å². The molecule has 1 heterocycles. The third-order valence-electron chi connectivity index (χ3n) is 2.94. The Morgan fingerprint density at radius 3 is 2.88 bits per heavy atom. The monoisotopic (exact) mass is 221 g/mol. The average Bonchev–Trinajstić information content (AvgIpc) is 2.66. The largest absolute Gasteiger partial charge is 0.312 e. The normalized spacial score (nSPS) is 12.7. The molecule has 1 aromatic heterocycles. The van der Waals surface area contributed by atoms with E-state index >= 15 is 0 Å². The van der Waals surface area contributed by atoms with Gasteiger partial charge < -0.3 is 5.32 Å². The molecule has 0 saturated carbocycles. The van der Waals surface area contributed by atoms with Crippen LogP contribution in [0, 0.1) is 0 Å². The molecule has 0 amide bonds. The molecule has 0 aliphatic rings. The zero-order valence-electron chi connectivity index (χ0n) is 10.7. The number of nitrogens with zero attached hydrogens (tertiary/aromatic N) is 2. The predicted octanol–water partition coefficient (Wildman–Crippen LogP) is 2.60. The summed E-state index contributed by atoms with van der Waals surface area (Å²) < 4.78 is 1.99. The molecule has 0 aliphatic heterocycles. The first kappa shape index (κ1) is 13.0. The van der Waals surface area contributed by atoms with E-state index in [4.69, 9.17) is 0 Å². The highest BCUT2D eigenvalue weighted by Crippen LogP contribution is 2.19. The SMILES string of the molecule is C=CCCCC(NC)c1cc(CC)nn1C. The molecular formula is C13H23N3. The van der Waals surface area contributed by atoms with E-state index in [0.717, 1.165) is 19.3 Å². The lowest BCUT2D eigenvalue weighted by molar-refractivity contribution is 0.492. The van der Waals surface area contributed by atoms with Crippen LogP contribution in [0.25, 0.3) is 0 Å². The van der Waals surface area contributed by atoms with Crippen molar-refractivity contribution >= 4 is 0 Å². The third-order valence-corrected chi connectivity index (χ3v) is 2.94.